The predicted molar refractivity (Wildman–Crippen MR) is 61.9 cm³/mol. The molecule has 0 aliphatic carbocycles. The minimum absolute atomic E-state index is 0.282. The van der Waals surface area contributed by atoms with E-state index in [1.807, 2.05) is 0 Å². The number of ether oxygens (including phenoxy) is 1. The van der Waals surface area contributed by atoms with Crippen LogP contribution in [0.15, 0.2) is 12.4 Å². The van der Waals surface area contributed by atoms with E-state index in [1.54, 1.807) is 12.4 Å². The summed E-state index contributed by atoms with van der Waals surface area (Å²) in [5.41, 5.74) is 2.46. The number of anilines is 2. The van der Waals surface area contributed by atoms with Crippen LogP contribution in [-0.4, -0.2) is 29.2 Å². The van der Waals surface area contributed by atoms with Crippen molar-refractivity contribution in [3.05, 3.63) is 12.4 Å². The molecule has 1 unspecified atom stereocenters. The molecule has 0 amide bonds. The summed E-state index contributed by atoms with van der Waals surface area (Å²) in [6.45, 7) is 1.63. The number of aromatic nitrogens is 2. The van der Waals surface area contributed by atoms with Crippen molar-refractivity contribution in [2.75, 3.05) is 23.9 Å². The summed E-state index contributed by atoms with van der Waals surface area (Å²) < 4.78 is 5.61. The number of nitrogen functional groups attached to an aromatic ring is 1. The molecule has 0 saturated carbocycles. The zero-order valence-electron chi connectivity index (χ0n) is 9.15. The molecule has 6 heteroatoms. The summed E-state index contributed by atoms with van der Waals surface area (Å²) in [6, 6.07) is 0. The van der Waals surface area contributed by atoms with Crippen molar-refractivity contribution in [1.82, 2.24) is 9.97 Å². The van der Waals surface area contributed by atoms with Crippen LogP contribution in [0.5, 0.6) is 0 Å². The van der Waals surface area contributed by atoms with E-state index in [0.29, 0.717) is 11.6 Å². The predicted octanol–water partition coefficient (Wildman–Crippen LogP) is 0.743. The Morgan fingerprint density at radius 1 is 1.38 bits per heavy atom. The van der Waals surface area contributed by atoms with E-state index in [9.17, 15) is 0 Å². The van der Waals surface area contributed by atoms with E-state index >= 15 is 0 Å². The maximum absolute atomic E-state index is 5.61. The molecule has 1 fully saturated rings. The summed E-state index contributed by atoms with van der Waals surface area (Å²) in [5, 5.41) is 3.19. The molecule has 0 radical (unpaired) electrons. The van der Waals surface area contributed by atoms with Gasteiger partial charge >= 0.3 is 0 Å². The lowest BCUT2D eigenvalue weighted by molar-refractivity contribution is 0.0247. The Morgan fingerprint density at radius 2 is 2.25 bits per heavy atom. The molecule has 4 N–H and O–H groups in total. The van der Waals surface area contributed by atoms with Crippen LogP contribution in [0.3, 0.4) is 0 Å². The Bertz CT molecular complexity index is 327. The average Bonchev–Trinajstić information content (AvgIpc) is 2.38. The maximum atomic E-state index is 5.61. The minimum atomic E-state index is 0.282. The molecule has 0 bridgehead atoms. The molecular weight excluding hydrogens is 206 g/mol. The van der Waals surface area contributed by atoms with Crippen molar-refractivity contribution in [3.63, 3.8) is 0 Å². The lowest BCUT2D eigenvalue weighted by Gasteiger charge is -2.22. The first kappa shape index (κ1) is 11.1. The van der Waals surface area contributed by atoms with Crippen molar-refractivity contribution in [3.8, 4) is 0 Å². The topological polar surface area (TPSA) is 85.1 Å². The average molecular weight is 223 g/mol. The number of nitrogens with two attached hydrogens (primary N) is 1. The standard InChI is InChI=1S/C10H17N5O/c11-15-10-7-12-6-9(14-10)13-5-8-3-1-2-4-16-8/h6-8H,1-5,11H2,(H2,13,14,15). The molecule has 88 valence electrons. The van der Waals surface area contributed by atoms with Gasteiger partial charge in [-0.3, -0.25) is 4.98 Å². The molecular formula is C10H17N5O. The second kappa shape index (κ2) is 5.62. The summed E-state index contributed by atoms with van der Waals surface area (Å²) in [4.78, 5) is 8.22. The smallest absolute Gasteiger partial charge is 0.160 e. The van der Waals surface area contributed by atoms with Crippen LogP contribution in [0.2, 0.25) is 0 Å². The lowest BCUT2D eigenvalue weighted by Crippen LogP contribution is -2.27. The van der Waals surface area contributed by atoms with Gasteiger partial charge in [-0.05, 0) is 19.3 Å². The highest BCUT2D eigenvalue weighted by Crippen LogP contribution is 2.13. The number of nitrogens with zero attached hydrogens (tertiary/aromatic N) is 2. The molecule has 6 nitrogen and oxygen atoms in total. The third-order valence-electron chi connectivity index (χ3n) is 2.57. The highest BCUT2D eigenvalue weighted by molar-refractivity contribution is 5.40. The fourth-order valence-corrected chi connectivity index (χ4v) is 1.71. The van der Waals surface area contributed by atoms with E-state index in [1.165, 1.54) is 12.8 Å². The van der Waals surface area contributed by atoms with Gasteiger partial charge in [0.1, 0.15) is 5.82 Å². The van der Waals surface area contributed by atoms with Crippen LogP contribution in [0.1, 0.15) is 19.3 Å². The van der Waals surface area contributed by atoms with Crippen molar-refractivity contribution in [2.45, 2.75) is 25.4 Å². The highest BCUT2D eigenvalue weighted by atomic mass is 16.5. The van der Waals surface area contributed by atoms with Gasteiger partial charge in [0.2, 0.25) is 0 Å². The molecule has 1 saturated heterocycles. The third kappa shape index (κ3) is 3.04. The second-order valence-electron chi connectivity index (χ2n) is 3.80. The quantitative estimate of drug-likeness (QED) is 0.516. The van der Waals surface area contributed by atoms with E-state index in [4.69, 9.17) is 10.6 Å². The fraction of sp³-hybridized carbons (Fsp3) is 0.600. The van der Waals surface area contributed by atoms with Crippen molar-refractivity contribution < 1.29 is 4.74 Å². The van der Waals surface area contributed by atoms with Crippen LogP contribution in [-0.2, 0) is 4.74 Å². The van der Waals surface area contributed by atoms with E-state index in [2.05, 4.69) is 20.7 Å². The first-order chi connectivity index (χ1) is 7.88. The number of hydrogen-bond donors (Lipinski definition) is 3. The van der Waals surface area contributed by atoms with E-state index in [-0.39, 0.29) is 6.10 Å². The molecule has 1 atom stereocenters. The van der Waals surface area contributed by atoms with Crippen LogP contribution in [0.4, 0.5) is 11.6 Å². The molecule has 0 spiro atoms. The SMILES string of the molecule is NNc1cncc(NCC2CCCCO2)n1. The zero-order chi connectivity index (χ0) is 11.2. The normalized spacial score (nSPS) is 20.4. The monoisotopic (exact) mass is 223 g/mol. The Balaban J connectivity index is 1.83. The number of nitrogens with one attached hydrogen (secondary N) is 2. The molecule has 0 aromatic carbocycles. The number of hydrazine groups is 1. The lowest BCUT2D eigenvalue weighted by atomic mass is 10.1. The number of rotatable bonds is 4. The molecule has 16 heavy (non-hydrogen) atoms. The Labute approximate surface area is 94.6 Å². The van der Waals surface area contributed by atoms with Gasteiger partial charge < -0.3 is 15.5 Å². The molecule has 1 aromatic heterocycles. The van der Waals surface area contributed by atoms with Gasteiger partial charge in [-0.2, -0.15) is 0 Å². The Kier molecular flexibility index (Phi) is 3.90. The first-order valence-electron chi connectivity index (χ1n) is 5.52. The van der Waals surface area contributed by atoms with Crippen molar-refractivity contribution in [1.29, 1.82) is 0 Å². The zero-order valence-corrected chi connectivity index (χ0v) is 9.15. The van der Waals surface area contributed by atoms with Crippen molar-refractivity contribution in [2.24, 2.45) is 5.84 Å². The van der Waals surface area contributed by atoms with Gasteiger partial charge in [0.05, 0.1) is 18.5 Å². The van der Waals surface area contributed by atoms with Crippen LogP contribution in [0.25, 0.3) is 0 Å². The summed E-state index contributed by atoms with van der Waals surface area (Å²) in [5.74, 6) is 6.52. The maximum Gasteiger partial charge on any atom is 0.160 e. The summed E-state index contributed by atoms with van der Waals surface area (Å²) in [6.07, 6.45) is 7.04. The molecule has 1 aliphatic heterocycles. The highest BCUT2D eigenvalue weighted by Gasteiger charge is 2.13. The molecule has 1 aromatic rings. The fourth-order valence-electron chi connectivity index (χ4n) is 1.71. The third-order valence-corrected chi connectivity index (χ3v) is 2.57. The molecule has 2 rings (SSSR count). The van der Waals surface area contributed by atoms with Gasteiger partial charge in [0.25, 0.3) is 0 Å². The van der Waals surface area contributed by atoms with Gasteiger partial charge in [0, 0.05) is 13.2 Å². The van der Waals surface area contributed by atoms with Crippen LogP contribution >= 0.6 is 0 Å². The van der Waals surface area contributed by atoms with Gasteiger partial charge in [-0.15, -0.1) is 0 Å². The van der Waals surface area contributed by atoms with Gasteiger partial charge in [-0.1, -0.05) is 0 Å². The summed E-state index contributed by atoms with van der Waals surface area (Å²) in [7, 11) is 0. The van der Waals surface area contributed by atoms with Crippen LogP contribution < -0.4 is 16.6 Å². The first-order valence-corrected chi connectivity index (χ1v) is 5.52. The second-order valence-corrected chi connectivity index (χ2v) is 3.80. The Morgan fingerprint density at radius 3 is 3.00 bits per heavy atom. The summed E-state index contributed by atoms with van der Waals surface area (Å²) >= 11 is 0. The molecule has 1 aliphatic rings. The van der Waals surface area contributed by atoms with Gasteiger partial charge in [0.15, 0.2) is 5.82 Å². The Hall–Kier alpha value is -1.40. The largest absolute Gasteiger partial charge is 0.376 e. The van der Waals surface area contributed by atoms with E-state index < -0.39 is 0 Å². The minimum Gasteiger partial charge on any atom is -0.376 e. The van der Waals surface area contributed by atoms with Gasteiger partial charge in [-0.25, -0.2) is 10.8 Å². The number of hydrogen-bond acceptors (Lipinski definition) is 6. The van der Waals surface area contributed by atoms with Crippen LogP contribution in [0, 0.1) is 0 Å². The molecule has 2 heterocycles. The van der Waals surface area contributed by atoms with E-state index in [0.717, 1.165) is 19.6 Å². The van der Waals surface area contributed by atoms with Crippen molar-refractivity contribution >= 4 is 11.6 Å².